The van der Waals surface area contributed by atoms with Crippen molar-refractivity contribution in [1.29, 1.82) is 0 Å². The van der Waals surface area contributed by atoms with E-state index in [0.29, 0.717) is 6.61 Å². The van der Waals surface area contributed by atoms with Gasteiger partial charge in [-0.25, -0.2) is 5.84 Å². The summed E-state index contributed by atoms with van der Waals surface area (Å²) in [4.78, 5) is 14.1. The van der Waals surface area contributed by atoms with Gasteiger partial charge in [0.25, 0.3) is 5.91 Å². The van der Waals surface area contributed by atoms with E-state index in [2.05, 4.69) is 10.3 Å². The standard InChI is InChI=1S/C13H19N3O2/c1-10-9-16(7-8-18-10)12(13(17)15-14)11-5-3-2-4-6-11/h2-6,10,12H,7-9,14H2,1H3,(H,15,17). The number of amides is 1. The molecule has 0 spiro atoms. The SMILES string of the molecule is CC1CN(C(C(=O)NN)c2ccccc2)CCO1. The highest BCUT2D eigenvalue weighted by molar-refractivity contribution is 5.82. The average molecular weight is 249 g/mol. The van der Waals surface area contributed by atoms with Gasteiger partial charge in [0.15, 0.2) is 0 Å². The number of carbonyl (C=O) groups excluding carboxylic acids is 1. The number of nitrogens with one attached hydrogen (secondary N) is 1. The van der Waals surface area contributed by atoms with Gasteiger partial charge in [-0.05, 0) is 12.5 Å². The predicted octanol–water partition coefficient (Wildman–Crippen LogP) is 0.438. The number of morpholine rings is 1. The number of hydrogen-bond donors (Lipinski definition) is 2. The van der Waals surface area contributed by atoms with Crippen LogP contribution in [0.25, 0.3) is 0 Å². The maximum atomic E-state index is 12.0. The average Bonchev–Trinajstić information content (AvgIpc) is 2.40. The molecule has 1 aromatic rings. The number of nitrogens with two attached hydrogens (primary N) is 1. The van der Waals surface area contributed by atoms with E-state index in [1.807, 2.05) is 37.3 Å². The zero-order chi connectivity index (χ0) is 13.0. The van der Waals surface area contributed by atoms with Crippen LogP contribution in [0.1, 0.15) is 18.5 Å². The van der Waals surface area contributed by atoms with Gasteiger partial charge in [0.05, 0.1) is 12.7 Å². The number of nitrogens with zero attached hydrogens (tertiary/aromatic N) is 1. The third kappa shape index (κ3) is 2.87. The monoisotopic (exact) mass is 249 g/mol. The Kier molecular flexibility index (Phi) is 4.30. The van der Waals surface area contributed by atoms with Gasteiger partial charge in [-0.15, -0.1) is 0 Å². The number of carbonyl (C=O) groups is 1. The summed E-state index contributed by atoms with van der Waals surface area (Å²) in [5.74, 6) is 5.11. The molecule has 3 N–H and O–H groups in total. The van der Waals surface area contributed by atoms with Crippen molar-refractivity contribution < 1.29 is 9.53 Å². The van der Waals surface area contributed by atoms with Gasteiger partial charge in [0.1, 0.15) is 6.04 Å². The molecule has 1 heterocycles. The van der Waals surface area contributed by atoms with Crippen molar-refractivity contribution in [1.82, 2.24) is 10.3 Å². The van der Waals surface area contributed by atoms with Crippen molar-refractivity contribution in [2.45, 2.75) is 19.1 Å². The van der Waals surface area contributed by atoms with Crippen molar-refractivity contribution in [2.24, 2.45) is 5.84 Å². The van der Waals surface area contributed by atoms with Gasteiger partial charge < -0.3 is 4.74 Å². The Morgan fingerprint density at radius 1 is 1.50 bits per heavy atom. The molecule has 1 aromatic carbocycles. The lowest BCUT2D eigenvalue weighted by Crippen LogP contribution is -2.49. The second-order valence-corrected chi connectivity index (χ2v) is 4.50. The zero-order valence-corrected chi connectivity index (χ0v) is 10.5. The molecule has 1 aliphatic heterocycles. The van der Waals surface area contributed by atoms with Crippen LogP contribution in [-0.4, -0.2) is 36.6 Å². The molecule has 1 aliphatic rings. The molecule has 18 heavy (non-hydrogen) atoms. The van der Waals surface area contributed by atoms with Crippen molar-refractivity contribution in [3.05, 3.63) is 35.9 Å². The molecule has 0 bridgehead atoms. The molecule has 1 amide bonds. The third-order valence-electron chi connectivity index (χ3n) is 3.14. The van der Waals surface area contributed by atoms with Crippen LogP contribution in [0.15, 0.2) is 30.3 Å². The molecule has 0 aliphatic carbocycles. The summed E-state index contributed by atoms with van der Waals surface area (Å²) >= 11 is 0. The Hall–Kier alpha value is -1.43. The van der Waals surface area contributed by atoms with Crippen LogP contribution in [0.5, 0.6) is 0 Å². The summed E-state index contributed by atoms with van der Waals surface area (Å²) in [5.41, 5.74) is 3.21. The van der Waals surface area contributed by atoms with E-state index in [0.717, 1.165) is 18.7 Å². The van der Waals surface area contributed by atoms with E-state index in [4.69, 9.17) is 10.6 Å². The Labute approximate surface area is 107 Å². The maximum Gasteiger partial charge on any atom is 0.255 e. The summed E-state index contributed by atoms with van der Waals surface area (Å²) in [5, 5.41) is 0. The van der Waals surface area contributed by atoms with Crippen LogP contribution < -0.4 is 11.3 Å². The highest BCUT2D eigenvalue weighted by Crippen LogP contribution is 2.23. The van der Waals surface area contributed by atoms with Crippen molar-refractivity contribution in [3.63, 3.8) is 0 Å². The Morgan fingerprint density at radius 2 is 2.22 bits per heavy atom. The van der Waals surface area contributed by atoms with Crippen LogP contribution in [0.2, 0.25) is 0 Å². The van der Waals surface area contributed by atoms with Gasteiger partial charge in [-0.3, -0.25) is 15.1 Å². The van der Waals surface area contributed by atoms with E-state index in [1.165, 1.54) is 0 Å². The fourth-order valence-electron chi connectivity index (χ4n) is 2.32. The van der Waals surface area contributed by atoms with Gasteiger partial charge in [0, 0.05) is 13.1 Å². The second kappa shape index (κ2) is 5.95. The Morgan fingerprint density at radius 3 is 2.83 bits per heavy atom. The molecular formula is C13H19N3O2. The highest BCUT2D eigenvalue weighted by Gasteiger charge is 2.30. The minimum Gasteiger partial charge on any atom is -0.376 e. The lowest BCUT2D eigenvalue weighted by Gasteiger charge is -2.36. The normalized spacial score (nSPS) is 22.4. The van der Waals surface area contributed by atoms with E-state index in [-0.39, 0.29) is 18.1 Å². The summed E-state index contributed by atoms with van der Waals surface area (Å²) in [7, 11) is 0. The molecule has 1 fully saturated rings. The second-order valence-electron chi connectivity index (χ2n) is 4.50. The van der Waals surface area contributed by atoms with E-state index in [1.54, 1.807) is 0 Å². The fourth-order valence-corrected chi connectivity index (χ4v) is 2.32. The first-order valence-electron chi connectivity index (χ1n) is 6.13. The van der Waals surface area contributed by atoms with Gasteiger partial charge in [-0.1, -0.05) is 30.3 Å². The number of ether oxygens (including phenoxy) is 1. The van der Waals surface area contributed by atoms with Crippen molar-refractivity contribution >= 4 is 5.91 Å². The van der Waals surface area contributed by atoms with Crippen molar-refractivity contribution in [2.75, 3.05) is 19.7 Å². The molecule has 5 nitrogen and oxygen atoms in total. The smallest absolute Gasteiger partial charge is 0.255 e. The van der Waals surface area contributed by atoms with Crippen LogP contribution >= 0.6 is 0 Å². The topological polar surface area (TPSA) is 67.6 Å². The van der Waals surface area contributed by atoms with Crippen LogP contribution in [-0.2, 0) is 9.53 Å². The lowest BCUT2D eigenvalue weighted by molar-refractivity contribution is -0.130. The van der Waals surface area contributed by atoms with E-state index in [9.17, 15) is 4.79 Å². The number of rotatable bonds is 3. The number of hydrogen-bond acceptors (Lipinski definition) is 4. The molecule has 5 heteroatoms. The third-order valence-corrected chi connectivity index (χ3v) is 3.14. The molecule has 0 aromatic heterocycles. The van der Waals surface area contributed by atoms with Gasteiger partial charge in [-0.2, -0.15) is 0 Å². The van der Waals surface area contributed by atoms with E-state index >= 15 is 0 Å². The first kappa shape index (κ1) is 13.0. The van der Waals surface area contributed by atoms with Crippen LogP contribution in [0.4, 0.5) is 0 Å². The molecule has 2 unspecified atom stereocenters. The molecule has 98 valence electrons. The minimum absolute atomic E-state index is 0.135. The Bertz CT molecular complexity index is 396. The minimum atomic E-state index is -0.345. The summed E-state index contributed by atoms with van der Waals surface area (Å²) in [6.07, 6.45) is 0.135. The largest absolute Gasteiger partial charge is 0.376 e. The first-order chi connectivity index (χ1) is 8.72. The van der Waals surface area contributed by atoms with Crippen LogP contribution in [0, 0.1) is 0 Å². The van der Waals surface area contributed by atoms with E-state index < -0.39 is 0 Å². The maximum absolute atomic E-state index is 12.0. The molecular weight excluding hydrogens is 230 g/mol. The number of benzene rings is 1. The molecule has 0 radical (unpaired) electrons. The van der Waals surface area contributed by atoms with Crippen molar-refractivity contribution in [3.8, 4) is 0 Å². The lowest BCUT2D eigenvalue weighted by atomic mass is 10.0. The molecule has 2 rings (SSSR count). The molecule has 0 saturated carbocycles. The highest BCUT2D eigenvalue weighted by atomic mass is 16.5. The van der Waals surface area contributed by atoms with Gasteiger partial charge >= 0.3 is 0 Å². The van der Waals surface area contributed by atoms with Crippen LogP contribution in [0.3, 0.4) is 0 Å². The Balaban J connectivity index is 2.22. The van der Waals surface area contributed by atoms with Gasteiger partial charge in [0.2, 0.25) is 0 Å². The predicted molar refractivity (Wildman–Crippen MR) is 68.5 cm³/mol. The molecule has 1 saturated heterocycles. The zero-order valence-electron chi connectivity index (χ0n) is 10.5. The summed E-state index contributed by atoms with van der Waals surface area (Å²) < 4.78 is 5.50. The fraction of sp³-hybridized carbons (Fsp3) is 0.462. The quantitative estimate of drug-likeness (QED) is 0.463. The first-order valence-corrected chi connectivity index (χ1v) is 6.13. The summed E-state index contributed by atoms with van der Waals surface area (Å²) in [6.45, 7) is 4.11. The molecule has 2 atom stereocenters. The number of hydrazine groups is 1. The summed E-state index contributed by atoms with van der Waals surface area (Å²) in [6, 6.07) is 9.33.